The predicted molar refractivity (Wildman–Crippen MR) is 118 cm³/mol. The van der Waals surface area contributed by atoms with E-state index in [-0.39, 0.29) is 24.4 Å². The van der Waals surface area contributed by atoms with E-state index in [9.17, 15) is 9.59 Å². The zero-order valence-electron chi connectivity index (χ0n) is 18.7. The third-order valence-corrected chi connectivity index (χ3v) is 8.33. The molecule has 4 aliphatic carbocycles. The van der Waals surface area contributed by atoms with Gasteiger partial charge in [0.2, 0.25) is 0 Å². The monoisotopic (exact) mass is 425 g/mol. The van der Waals surface area contributed by atoms with Crippen LogP contribution in [0.1, 0.15) is 63.9 Å². The number of hydrogen-bond donors (Lipinski definition) is 0. The quantitative estimate of drug-likeness (QED) is 0.637. The number of amides is 1. The van der Waals surface area contributed by atoms with Crippen molar-refractivity contribution in [2.45, 2.75) is 63.7 Å². The maximum atomic E-state index is 12.6. The van der Waals surface area contributed by atoms with E-state index in [0.717, 1.165) is 23.5 Å². The maximum absolute atomic E-state index is 12.6. The van der Waals surface area contributed by atoms with Gasteiger partial charge in [-0.15, -0.1) is 0 Å². The van der Waals surface area contributed by atoms with Crippen LogP contribution in [0.2, 0.25) is 0 Å². The molecule has 1 amide bonds. The number of likely N-dealkylation sites (tertiary alicyclic amines) is 1. The molecule has 0 spiro atoms. The Labute approximate surface area is 185 Å². The number of benzene rings is 1. The van der Waals surface area contributed by atoms with E-state index in [2.05, 4.69) is 12.1 Å². The van der Waals surface area contributed by atoms with Crippen molar-refractivity contribution in [2.24, 2.45) is 23.7 Å². The van der Waals surface area contributed by atoms with Gasteiger partial charge in [-0.05, 0) is 99.2 Å². The molecule has 4 saturated carbocycles. The third-order valence-electron chi connectivity index (χ3n) is 8.33. The standard InChI is InChI=1S/C26H35NO4/c1-2-30-25(29)21-7-9-27(10-8-21)24(28)17-31-23-5-3-22(4-6-23)26-14-18-11-19(15-26)13-20(12-18)16-26/h3-6,18-21H,2,7-17H2,1H3. The largest absolute Gasteiger partial charge is 0.484 e. The van der Waals surface area contributed by atoms with Crippen LogP contribution in [0.4, 0.5) is 0 Å². The number of carbonyl (C=O) groups excluding carboxylic acids is 2. The fraction of sp³-hybridized carbons (Fsp3) is 0.692. The van der Waals surface area contributed by atoms with Gasteiger partial charge < -0.3 is 14.4 Å². The SMILES string of the molecule is CCOC(=O)C1CCN(C(=O)COc2ccc(C34CC5CC(CC(C5)C3)C4)cc2)CC1. The maximum Gasteiger partial charge on any atom is 0.309 e. The molecule has 5 aliphatic rings. The molecular formula is C26H35NO4. The van der Waals surface area contributed by atoms with Crippen LogP contribution >= 0.6 is 0 Å². The van der Waals surface area contributed by atoms with Gasteiger partial charge in [0.05, 0.1) is 12.5 Å². The van der Waals surface area contributed by atoms with Crippen LogP contribution in [0, 0.1) is 23.7 Å². The summed E-state index contributed by atoms with van der Waals surface area (Å²) in [6.07, 6.45) is 9.80. The van der Waals surface area contributed by atoms with Crippen molar-refractivity contribution in [2.75, 3.05) is 26.3 Å². The van der Waals surface area contributed by atoms with Crippen LogP contribution < -0.4 is 4.74 Å². The molecule has 0 atom stereocenters. The summed E-state index contributed by atoms with van der Waals surface area (Å²) in [5, 5.41) is 0. The normalized spacial score (nSPS) is 32.2. The number of rotatable bonds is 6. The van der Waals surface area contributed by atoms with Gasteiger partial charge in [0.25, 0.3) is 5.91 Å². The Balaban J connectivity index is 1.13. The molecule has 31 heavy (non-hydrogen) atoms. The lowest BCUT2D eigenvalue weighted by atomic mass is 9.48. The highest BCUT2D eigenvalue weighted by Crippen LogP contribution is 2.60. The zero-order valence-corrected chi connectivity index (χ0v) is 18.7. The Bertz CT molecular complexity index is 774. The molecule has 5 heteroatoms. The molecule has 0 radical (unpaired) electrons. The molecule has 1 aromatic carbocycles. The first-order valence-corrected chi connectivity index (χ1v) is 12.2. The number of hydrogen-bond acceptors (Lipinski definition) is 4. The van der Waals surface area contributed by atoms with E-state index in [1.54, 1.807) is 4.90 Å². The Morgan fingerprint density at radius 2 is 1.55 bits per heavy atom. The minimum Gasteiger partial charge on any atom is -0.484 e. The molecule has 1 heterocycles. The molecule has 1 aromatic rings. The highest BCUT2D eigenvalue weighted by molar-refractivity contribution is 5.78. The molecule has 0 unspecified atom stereocenters. The Kier molecular flexibility index (Phi) is 5.70. The van der Waals surface area contributed by atoms with Crippen molar-refractivity contribution in [3.8, 4) is 5.75 Å². The van der Waals surface area contributed by atoms with Gasteiger partial charge in [0, 0.05) is 13.1 Å². The molecular weight excluding hydrogens is 390 g/mol. The van der Waals surface area contributed by atoms with Gasteiger partial charge in [-0.2, -0.15) is 0 Å². The van der Waals surface area contributed by atoms with Crippen molar-refractivity contribution in [1.29, 1.82) is 0 Å². The molecule has 5 fully saturated rings. The number of esters is 1. The first-order valence-electron chi connectivity index (χ1n) is 12.2. The Hall–Kier alpha value is -2.04. The van der Waals surface area contributed by atoms with Crippen LogP contribution in [-0.2, 0) is 19.7 Å². The second-order valence-electron chi connectivity index (χ2n) is 10.4. The van der Waals surface area contributed by atoms with Crippen LogP contribution in [0.15, 0.2) is 24.3 Å². The first-order chi connectivity index (χ1) is 15.0. The average Bonchev–Trinajstić information content (AvgIpc) is 2.77. The van der Waals surface area contributed by atoms with E-state index < -0.39 is 0 Å². The van der Waals surface area contributed by atoms with Crippen molar-refractivity contribution in [3.63, 3.8) is 0 Å². The molecule has 1 aliphatic heterocycles. The first kappa shape index (κ1) is 20.8. The second kappa shape index (κ2) is 8.48. The minimum absolute atomic E-state index is 0.00697. The lowest BCUT2D eigenvalue weighted by Gasteiger charge is -2.57. The lowest BCUT2D eigenvalue weighted by Crippen LogP contribution is -2.48. The van der Waals surface area contributed by atoms with Crippen molar-refractivity contribution >= 4 is 11.9 Å². The summed E-state index contributed by atoms with van der Waals surface area (Å²) in [4.78, 5) is 26.2. The van der Waals surface area contributed by atoms with E-state index in [0.29, 0.717) is 38.0 Å². The predicted octanol–water partition coefficient (Wildman–Crippen LogP) is 4.33. The van der Waals surface area contributed by atoms with Crippen LogP contribution in [-0.4, -0.2) is 43.1 Å². The molecule has 0 aromatic heterocycles. The molecule has 1 saturated heterocycles. The number of ether oxygens (including phenoxy) is 2. The average molecular weight is 426 g/mol. The minimum atomic E-state index is -0.134. The van der Waals surface area contributed by atoms with Crippen LogP contribution in [0.25, 0.3) is 0 Å². The summed E-state index contributed by atoms with van der Waals surface area (Å²) < 4.78 is 10.9. The Morgan fingerprint density at radius 3 is 2.10 bits per heavy atom. The number of piperidine rings is 1. The molecule has 5 nitrogen and oxygen atoms in total. The van der Waals surface area contributed by atoms with E-state index >= 15 is 0 Å². The van der Waals surface area contributed by atoms with Gasteiger partial charge in [0.1, 0.15) is 5.75 Å². The Morgan fingerprint density at radius 1 is 0.968 bits per heavy atom. The van der Waals surface area contributed by atoms with Gasteiger partial charge in [0.15, 0.2) is 6.61 Å². The fourth-order valence-electron chi connectivity index (χ4n) is 7.23. The summed E-state index contributed by atoms with van der Waals surface area (Å²) in [7, 11) is 0. The molecule has 168 valence electrons. The van der Waals surface area contributed by atoms with Crippen molar-refractivity contribution < 1.29 is 19.1 Å². The summed E-state index contributed by atoms with van der Waals surface area (Å²) in [6, 6.07) is 8.60. The molecule has 6 rings (SSSR count). The van der Waals surface area contributed by atoms with Crippen molar-refractivity contribution in [1.82, 2.24) is 4.90 Å². The van der Waals surface area contributed by atoms with Crippen LogP contribution in [0.5, 0.6) is 5.75 Å². The summed E-state index contributed by atoms with van der Waals surface area (Å²) in [5.41, 5.74) is 1.87. The van der Waals surface area contributed by atoms with E-state index in [1.165, 1.54) is 44.1 Å². The van der Waals surface area contributed by atoms with E-state index in [1.807, 2.05) is 19.1 Å². The summed E-state index contributed by atoms with van der Waals surface area (Å²) in [5.74, 6) is 3.36. The topological polar surface area (TPSA) is 55.8 Å². The third kappa shape index (κ3) is 4.20. The molecule has 0 N–H and O–H groups in total. The van der Waals surface area contributed by atoms with Crippen molar-refractivity contribution in [3.05, 3.63) is 29.8 Å². The van der Waals surface area contributed by atoms with Gasteiger partial charge >= 0.3 is 5.97 Å². The highest BCUT2D eigenvalue weighted by Gasteiger charge is 2.51. The van der Waals surface area contributed by atoms with Crippen LogP contribution in [0.3, 0.4) is 0 Å². The van der Waals surface area contributed by atoms with Gasteiger partial charge in [-0.3, -0.25) is 9.59 Å². The lowest BCUT2D eigenvalue weighted by molar-refractivity contribution is -0.151. The zero-order chi connectivity index (χ0) is 21.4. The summed E-state index contributed by atoms with van der Waals surface area (Å²) in [6.45, 7) is 3.48. The second-order valence-corrected chi connectivity index (χ2v) is 10.4. The highest BCUT2D eigenvalue weighted by atomic mass is 16.5. The molecule has 4 bridgehead atoms. The fourth-order valence-corrected chi connectivity index (χ4v) is 7.23. The van der Waals surface area contributed by atoms with Gasteiger partial charge in [-0.1, -0.05) is 12.1 Å². The summed E-state index contributed by atoms with van der Waals surface area (Å²) >= 11 is 0. The van der Waals surface area contributed by atoms with Gasteiger partial charge in [-0.25, -0.2) is 0 Å². The van der Waals surface area contributed by atoms with E-state index in [4.69, 9.17) is 9.47 Å². The number of carbonyl (C=O) groups is 2. The smallest absolute Gasteiger partial charge is 0.309 e. The number of nitrogens with zero attached hydrogens (tertiary/aromatic N) is 1.